The van der Waals surface area contributed by atoms with E-state index < -0.39 is 23.6 Å². The van der Waals surface area contributed by atoms with Gasteiger partial charge in [0, 0.05) is 30.7 Å². The lowest BCUT2D eigenvalue weighted by Gasteiger charge is -2.30. The molecule has 1 unspecified atom stereocenters. The van der Waals surface area contributed by atoms with E-state index in [1.54, 1.807) is 12.1 Å². The third-order valence-electron chi connectivity index (χ3n) is 6.21. The van der Waals surface area contributed by atoms with Crippen LogP contribution in [-0.4, -0.2) is 60.6 Å². The van der Waals surface area contributed by atoms with Crippen molar-refractivity contribution >= 4 is 16.6 Å². The summed E-state index contributed by atoms with van der Waals surface area (Å²) in [7, 11) is 0. The molecule has 2 atom stereocenters. The Morgan fingerprint density at radius 1 is 1.11 bits per heavy atom. The van der Waals surface area contributed by atoms with E-state index in [-0.39, 0.29) is 42.8 Å². The molecule has 36 heavy (non-hydrogen) atoms. The smallest absolute Gasteiger partial charge is 0.408 e. The van der Waals surface area contributed by atoms with Gasteiger partial charge >= 0.3 is 6.18 Å². The first-order valence-electron chi connectivity index (χ1n) is 11.6. The van der Waals surface area contributed by atoms with Crippen LogP contribution >= 0.6 is 0 Å². The average Bonchev–Trinajstić information content (AvgIpc) is 3.34. The molecule has 1 N–H and O–H groups in total. The van der Waals surface area contributed by atoms with E-state index >= 15 is 0 Å². The zero-order chi connectivity index (χ0) is 25.8. The lowest BCUT2D eigenvalue weighted by atomic mass is 10.1. The zero-order valence-electron chi connectivity index (χ0n) is 19.9. The number of halogens is 4. The minimum Gasteiger partial charge on any atom is -0.489 e. The van der Waals surface area contributed by atoms with Gasteiger partial charge in [-0.05, 0) is 51.0 Å². The molecule has 3 aromatic heterocycles. The number of ether oxygens (including phenoxy) is 1. The van der Waals surface area contributed by atoms with Crippen LogP contribution in [0, 0.1) is 5.82 Å². The summed E-state index contributed by atoms with van der Waals surface area (Å²) in [4.78, 5) is 5.84. The van der Waals surface area contributed by atoms with Crippen LogP contribution < -0.4 is 4.74 Å². The number of pyridine rings is 2. The van der Waals surface area contributed by atoms with Crippen molar-refractivity contribution in [1.82, 2.24) is 24.5 Å². The summed E-state index contributed by atoms with van der Waals surface area (Å²) in [6.07, 6.45) is -3.17. The van der Waals surface area contributed by atoms with Crippen LogP contribution in [0.4, 0.5) is 17.6 Å². The molecule has 0 radical (unpaired) electrons. The number of hydrogen-bond donors (Lipinski definition) is 1. The van der Waals surface area contributed by atoms with Gasteiger partial charge in [0.2, 0.25) is 0 Å². The fraction of sp³-hybridized carbons (Fsp3) is 0.400. The number of aliphatic hydroxyl groups is 1. The Bertz CT molecular complexity index is 1430. The Morgan fingerprint density at radius 3 is 2.56 bits per heavy atom. The number of fused-ring (bicyclic) bond motifs is 2. The molecule has 7 nitrogen and oxygen atoms in total. The molecule has 0 aliphatic carbocycles. The minimum absolute atomic E-state index is 0.000408. The number of hydrogen-bond acceptors (Lipinski definition) is 6. The van der Waals surface area contributed by atoms with Crippen molar-refractivity contribution in [2.45, 2.75) is 51.1 Å². The Labute approximate surface area is 204 Å². The SMILES string of the molecule is CC(C)Oc1cc(F)cc2ccc(-c3nnc4ccc([C@H](N5CCC(C)(O)C5)C(F)(F)F)cn34)nc12. The monoisotopic (exact) mass is 503 g/mol. The molecule has 0 bridgehead atoms. The Hall–Kier alpha value is -3.31. The highest BCUT2D eigenvalue weighted by Gasteiger charge is 2.48. The van der Waals surface area contributed by atoms with Gasteiger partial charge in [0.15, 0.2) is 11.5 Å². The van der Waals surface area contributed by atoms with Gasteiger partial charge in [0.25, 0.3) is 0 Å². The standard InChI is InChI=1S/C25H25F4N5O2/c1-14(2)36-19-11-17(26)10-15-4-6-18(30-21(15)19)23-32-31-20-7-5-16(12-34(20)23)22(25(27,28)29)33-9-8-24(3,35)13-33/h4-7,10-12,14,22,35H,8-9,13H2,1-3H3/t22-,24?/m0/s1. The molecule has 1 aromatic carbocycles. The van der Waals surface area contributed by atoms with Crippen molar-refractivity contribution in [3.8, 4) is 17.3 Å². The van der Waals surface area contributed by atoms with Gasteiger partial charge in [0.05, 0.1) is 11.7 Å². The number of benzene rings is 1. The van der Waals surface area contributed by atoms with E-state index in [0.29, 0.717) is 22.2 Å². The number of rotatable bonds is 5. The zero-order valence-corrected chi connectivity index (χ0v) is 19.9. The number of aromatic nitrogens is 4. The molecule has 1 aliphatic heterocycles. The van der Waals surface area contributed by atoms with Gasteiger partial charge in [-0.2, -0.15) is 13.2 Å². The molecule has 0 saturated carbocycles. The Balaban J connectivity index is 1.61. The van der Waals surface area contributed by atoms with Crippen molar-refractivity contribution in [2.75, 3.05) is 13.1 Å². The maximum atomic E-state index is 14.2. The highest BCUT2D eigenvalue weighted by atomic mass is 19.4. The van der Waals surface area contributed by atoms with Crippen molar-refractivity contribution in [3.63, 3.8) is 0 Å². The number of nitrogens with zero attached hydrogens (tertiary/aromatic N) is 5. The third-order valence-corrected chi connectivity index (χ3v) is 6.21. The molecular weight excluding hydrogens is 478 g/mol. The third kappa shape index (κ3) is 4.60. The van der Waals surface area contributed by atoms with Crippen molar-refractivity contribution in [1.29, 1.82) is 0 Å². The summed E-state index contributed by atoms with van der Waals surface area (Å²) < 4.78 is 63.9. The second kappa shape index (κ2) is 8.67. The Morgan fingerprint density at radius 2 is 1.89 bits per heavy atom. The largest absolute Gasteiger partial charge is 0.489 e. The fourth-order valence-electron chi connectivity index (χ4n) is 4.69. The van der Waals surface area contributed by atoms with Crippen molar-refractivity contribution < 1.29 is 27.4 Å². The summed E-state index contributed by atoms with van der Waals surface area (Å²) in [6.45, 7) is 5.18. The fourth-order valence-corrected chi connectivity index (χ4v) is 4.69. The maximum absolute atomic E-state index is 14.2. The minimum atomic E-state index is -4.56. The molecule has 4 aromatic rings. The molecule has 11 heteroatoms. The van der Waals surface area contributed by atoms with E-state index in [4.69, 9.17) is 4.74 Å². The molecule has 1 aliphatic rings. The summed E-state index contributed by atoms with van der Waals surface area (Å²) in [5, 5.41) is 19.0. The topological polar surface area (TPSA) is 75.8 Å². The van der Waals surface area contributed by atoms with Crippen molar-refractivity contribution in [3.05, 3.63) is 54.0 Å². The highest BCUT2D eigenvalue weighted by molar-refractivity contribution is 5.86. The Kier molecular flexibility index (Phi) is 5.87. The van der Waals surface area contributed by atoms with Crippen LogP contribution in [0.25, 0.3) is 28.1 Å². The van der Waals surface area contributed by atoms with Crippen LogP contribution in [0.15, 0.2) is 42.6 Å². The molecular formula is C25H25F4N5O2. The molecule has 190 valence electrons. The second-order valence-corrected chi connectivity index (χ2v) is 9.71. The summed E-state index contributed by atoms with van der Waals surface area (Å²) in [5.74, 6) is 0.0295. The highest BCUT2D eigenvalue weighted by Crippen LogP contribution is 2.41. The lowest BCUT2D eigenvalue weighted by molar-refractivity contribution is -0.185. The van der Waals surface area contributed by atoms with Gasteiger partial charge in [-0.25, -0.2) is 9.37 Å². The first kappa shape index (κ1) is 24.4. The maximum Gasteiger partial charge on any atom is 0.408 e. The van der Waals surface area contributed by atoms with Gasteiger partial charge in [-0.3, -0.25) is 9.30 Å². The van der Waals surface area contributed by atoms with Gasteiger partial charge in [-0.1, -0.05) is 12.1 Å². The van der Waals surface area contributed by atoms with Crippen LogP contribution in [0.1, 0.15) is 38.8 Å². The van der Waals surface area contributed by atoms with Crippen LogP contribution in [0.3, 0.4) is 0 Å². The van der Waals surface area contributed by atoms with Crippen LogP contribution in [0.5, 0.6) is 5.75 Å². The first-order chi connectivity index (χ1) is 16.9. The molecule has 1 saturated heterocycles. The summed E-state index contributed by atoms with van der Waals surface area (Å²) in [5.41, 5.74) is -0.0780. The molecule has 1 fully saturated rings. The molecule has 0 amide bonds. The van der Waals surface area contributed by atoms with Gasteiger partial charge < -0.3 is 9.84 Å². The first-order valence-corrected chi connectivity index (χ1v) is 11.6. The van der Waals surface area contributed by atoms with Crippen molar-refractivity contribution in [2.24, 2.45) is 0 Å². The number of β-amino-alcohol motifs (C(OH)–C–C–N with tert-alkyl or cyclic N) is 1. The van der Waals surface area contributed by atoms with E-state index in [9.17, 15) is 22.7 Å². The van der Waals surface area contributed by atoms with Crippen LogP contribution in [0.2, 0.25) is 0 Å². The van der Waals surface area contributed by atoms with Gasteiger partial charge in [-0.15, -0.1) is 10.2 Å². The molecule has 0 spiro atoms. The van der Waals surface area contributed by atoms with E-state index in [2.05, 4.69) is 15.2 Å². The molecule has 5 rings (SSSR count). The van der Waals surface area contributed by atoms with Gasteiger partial charge in [0.1, 0.15) is 28.8 Å². The predicted octanol–water partition coefficient (Wildman–Crippen LogP) is 4.93. The van der Waals surface area contributed by atoms with E-state index in [1.165, 1.54) is 46.7 Å². The van der Waals surface area contributed by atoms with E-state index in [0.717, 1.165) is 0 Å². The van der Waals surface area contributed by atoms with E-state index in [1.807, 2.05) is 13.8 Å². The lowest BCUT2D eigenvalue weighted by Crippen LogP contribution is -2.39. The molecule has 4 heterocycles. The van der Waals surface area contributed by atoms with Crippen LogP contribution in [-0.2, 0) is 0 Å². The number of likely N-dealkylation sites (tertiary alicyclic amines) is 1. The summed E-state index contributed by atoms with van der Waals surface area (Å²) in [6, 6.07) is 6.81. The quantitative estimate of drug-likeness (QED) is 0.389. The summed E-state index contributed by atoms with van der Waals surface area (Å²) >= 11 is 0. The average molecular weight is 504 g/mol. The second-order valence-electron chi connectivity index (χ2n) is 9.71. The predicted molar refractivity (Wildman–Crippen MR) is 125 cm³/mol. The normalized spacial score (nSPS) is 20.0. The number of alkyl halides is 3.